The summed E-state index contributed by atoms with van der Waals surface area (Å²) >= 11 is 0. The van der Waals surface area contributed by atoms with Crippen molar-refractivity contribution in [1.82, 2.24) is 0 Å². The van der Waals surface area contributed by atoms with Gasteiger partial charge in [0.2, 0.25) is 0 Å². The third-order valence-corrected chi connectivity index (χ3v) is 7.65. The summed E-state index contributed by atoms with van der Waals surface area (Å²) in [5.74, 6) is -0.477. The first-order valence-corrected chi connectivity index (χ1v) is 13.9. The second-order valence-electron chi connectivity index (χ2n) is 11.0. The second kappa shape index (κ2) is 12.7. The number of ether oxygens (including phenoxy) is 1. The number of piperidine rings is 1. The van der Waals surface area contributed by atoms with Crippen LogP contribution in [0.15, 0.2) is 72.8 Å². The highest BCUT2D eigenvalue weighted by atomic mass is 19.4. The van der Waals surface area contributed by atoms with Crippen molar-refractivity contribution in [1.29, 1.82) is 0 Å². The molecule has 1 unspecified atom stereocenters. The SMILES string of the molecule is COC(=O)C(CC(C)C)c1cc(-c2ccc(C(F)(F)F)cc2)cc(N2CCCC[C@@H]2CCc2ccccc2)c1. The molecule has 1 saturated heterocycles. The number of carbonyl (C=O) groups is 1. The lowest BCUT2D eigenvalue weighted by Gasteiger charge is -2.38. The Morgan fingerprint density at radius 1 is 0.974 bits per heavy atom. The maximum absolute atomic E-state index is 13.2. The molecule has 3 aromatic rings. The molecule has 1 fully saturated rings. The minimum atomic E-state index is -4.39. The van der Waals surface area contributed by atoms with Gasteiger partial charge in [0, 0.05) is 18.3 Å². The van der Waals surface area contributed by atoms with E-state index in [9.17, 15) is 18.0 Å². The molecule has 0 amide bonds. The molecule has 1 heterocycles. The molecule has 1 aliphatic heterocycles. The van der Waals surface area contributed by atoms with Gasteiger partial charge in [0.15, 0.2) is 0 Å². The maximum atomic E-state index is 13.2. The van der Waals surface area contributed by atoms with Gasteiger partial charge in [-0.2, -0.15) is 13.2 Å². The fourth-order valence-electron chi connectivity index (χ4n) is 5.62. The Hall–Kier alpha value is -3.28. The summed E-state index contributed by atoms with van der Waals surface area (Å²) in [5, 5.41) is 0. The normalized spacial score (nSPS) is 16.8. The zero-order valence-electron chi connectivity index (χ0n) is 23.0. The number of alkyl halides is 3. The summed E-state index contributed by atoms with van der Waals surface area (Å²) in [6, 6.07) is 22.2. The third kappa shape index (κ3) is 7.43. The van der Waals surface area contributed by atoms with Crippen molar-refractivity contribution in [3.05, 3.63) is 89.5 Å². The van der Waals surface area contributed by atoms with Crippen molar-refractivity contribution in [2.24, 2.45) is 5.92 Å². The van der Waals surface area contributed by atoms with Gasteiger partial charge < -0.3 is 9.64 Å². The van der Waals surface area contributed by atoms with E-state index < -0.39 is 17.7 Å². The van der Waals surface area contributed by atoms with Crippen LogP contribution in [0.3, 0.4) is 0 Å². The number of nitrogens with zero attached hydrogens (tertiary/aromatic N) is 1. The van der Waals surface area contributed by atoms with Crippen molar-refractivity contribution in [3.8, 4) is 11.1 Å². The smallest absolute Gasteiger partial charge is 0.416 e. The molecule has 0 bridgehead atoms. The first-order chi connectivity index (χ1) is 18.7. The largest absolute Gasteiger partial charge is 0.469 e. The third-order valence-electron chi connectivity index (χ3n) is 7.65. The van der Waals surface area contributed by atoms with Crippen LogP contribution in [0.5, 0.6) is 0 Å². The highest BCUT2D eigenvalue weighted by Gasteiger charge is 2.31. The van der Waals surface area contributed by atoms with Gasteiger partial charge in [-0.3, -0.25) is 4.79 Å². The standard InChI is InChI=1S/C33H38F3NO2/c1-23(2)19-31(32(38)39-3)27-20-26(25-13-15-28(16-14-25)33(34,35)36)21-30(22-27)37-18-8-7-11-29(37)17-12-24-9-5-4-6-10-24/h4-6,9-10,13-16,20-23,29,31H,7-8,11-12,17-19H2,1-3H3/t29-,31?/m1/s1. The number of halogens is 3. The number of benzene rings is 3. The summed E-state index contributed by atoms with van der Waals surface area (Å²) in [6.07, 6.45) is 1.55. The average Bonchev–Trinajstić information content (AvgIpc) is 2.94. The summed E-state index contributed by atoms with van der Waals surface area (Å²) < 4.78 is 44.9. The Balaban J connectivity index is 1.74. The number of esters is 1. The minimum Gasteiger partial charge on any atom is -0.469 e. The topological polar surface area (TPSA) is 29.5 Å². The molecule has 0 spiro atoms. The highest BCUT2D eigenvalue weighted by molar-refractivity contribution is 5.80. The van der Waals surface area contributed by atoms with E-state index in [1.54, 1.807) is 0 Å². The van der Waals surface area contributed by atoms with E-state index in [4.69, 9.17) is 4.74 Å². The van der Waals surface area contributed by atoms with Crippen molar-refractivity contribution >= 4 is 11.7 Å². The fourth-order valence-corrected chi connectivity index (χ4v) is 5.62. The van der Waals surface area contributed by atoms with Gasteiger partial charge in [-0.25, -0.2) is 0 Å². The molecule has 6 heteroatoms. The van der Waals surface area contributed by atoms with E-state index in [0.29, 0.717) is 18.0 Å². The average molecular weight is 538 g/mol. The molecule has 3 nitrogen and oxygen atoms in total. The molecule has 0 aromatic heterocycles. The number of anilines is 1. The van der Waals surface area contributed by atoms with E-state index in [1.807, 2.05) is 12.1 Å². The molecule has 2 atom stereocenters. The number of carbonyl (C=O) groups excluding carboxylic acids is 1. The van der Waals surface area contributed by atoms with Crippen LogP contribution >= 0.6 is 0 Å². The summed E-state index contributed by atoms with van der Waals surface area (Å²) in [5.41, 5.74) is 3.99. The molecule has 39 heavy (non-hydrogen) atoms. The van der Waals surface area contributed by atoms with Gasteiger partial charge in [-0.15, -0.1) is 0 Å². The minimum absolute atomic E-state index is 0.265. The molecule has 0 aliphatic carbocycles. The van der Waals surface area contributed by atoms with Crippen LogP contribution < -0.4 is 4.90 Å². The van der Waals surface area contributed by atoms with Crippen molar-refractivity contribution in [2.45, 2.75) is 70.5 Å². The Bertz CT molecular complexity index is 1220. The van der Waals surface area contributed by atoms with Crippen molar-refractivity contribution in [2.75, 3.05) is 18.6 Å². The van der Waals surface area contributed by atoms with E-state index in [-0.39, 0.29) is 11.9 Å². The summed E-state index contributed by atoms with van der Waals surface area (Å²) in [6.45, 7) is 5.05. The van der Waals surface area contributed by atoms with Crippen molar-refractivity contribution in [3.63, 3.8) is 0 Å². The van der Waals surface area contributed by atoms with Gasteiger partial charge >= 0.3 is 12.1 Å². The zero-order chi connectivity index (χ0) is 28.0. The van der Waals surface area contributed by atoms with E-state index in [2.05, 4.69) is 55.1 Å². The number of hydrogen-bond acceptors (Lipinski definition) is 3. The van der Waals surface area contributed by atoms with E-state index in [0.717, 1.165) is 61.2 Å². The molecular formula is C33H38F3NO2. The van der Waals surface area contributed by atoms with Gasteiger partial charge in [-0.05, 0) is 91.0 Å². The lowest BCUT2D eigenvalue weighted by Crippen LogP contribution is -2.40. The van der Waals surface area contributed by atoms with Gasteiger partial charge in [0.25, 0.3) is 0 Å². The highest BCUT2D eigenvalue weighted by Crippen LogP contribution is 2.37. The lowest BCUT2D eigenvalue weighted by atomic mass is 9.87. The van der Waals surface area contributed by atoms with E-state index in [1.165, 1.54) is 31.2 Å². The monoisotopic (exact) mass is 537 g/mol. The summed E-state index contributed by atoms with van der Waals surface area (Å²) in [4.78, 5) is 15.3. The molecule has 0 radical (unpaired) electrons. The molecule has 3 aromatic carbocycles. The Kier molecular flexibility index (Phi) is 9.36. The molecule has 4 rings (SSSR count). The number of aryl methyl sites for hydroxylation is 1. The zero-order valence-corrected chi connectivity index (χ0v) is 23.0. The fraction of sp³-hybridized carbons (Fsp3) is 0.424. The summed E-state index contributed by atoms with van der Waals surface area (Å²) in [7, 11) is 1.40. The van der Waals surface area contributed by atoms with Crippen LogP contribution in [0, 0.1) is 5.92 Å². The lowest BCUT2D eigenvalue weighted by molar-refractivity contribution is -0.143. The van der Waals surface area contributed by atoms with Gasteiger partial charge in [-0.1, -0.05) is 62.4 Å². The number of methoxy groups -OCH3 is 1. The van der Waals surface area contributed by atoms with Gasteiger partial charge in [0.1, 0.15) is 0 Å². The van der Waals surface area contributed by atoms with Crippen LogP contribution in [-0.2, 0) is 22.1 Å². The first kappa shape index (κ1) is 28.7. The predicted octanol–water partition coefficient (Wildman–Crippen LogP) is 8.67. The van der Waals surface area contributed by atoms with Gasteiger partial charge in [0.05, 0.1) is 18.6 Å². The molecular weight excluding hydrogens is 499 g/mol. The van der Waals surface area contributed by atoms with Crippen LogP contribution in [0.25, 0.3) is 11.1 Å². The molecule has 0 saturated carbocycles. The second-order valence-corrected chi connectivity index (χ2v) is 11.0. The first-order valence-electron chi connectivity index (χ1n) is 13.9. The van der Waals surface area contributed by atoms with E-state index >= 15 is 0 Å². The Morgan fingerprint density at radius 2 is 1.69 bits per heavy atom. The molecule has 0 N–H and O–H groups in total. The van der Waals surface area contributed by atoms with Crippen LogP contribution in [-0.4, -0.2) is 25.7 Å². The van der Waals surface area contributed by atoms with Crippen molar-refractivity contribution < 1.29 is 22.7 Å². The quantitative estimate of drug-likeness (QED) is 0.256. The number of rotatable bonds is 9. The number of hydrogen-bond donors (Lipinski definition) is 0. The predicted molar refractivity (Wildman–Crippen MR) is 151 cm³/mol. The maximum Gasteiger partial charge on any atom is 0.416 e. The van der Waals surface area contributed by atoms with Crippen LogP contribution in [0.1, 0.15) is 68.6 Å². The molecule has 1 aliphatic rings. The Labute approximate surface area is 230 Å². The van der Waals surface area contributed by atoms with Crippen LogP contribution in [0.4, 0.5) is 18.9 Å². The molecule has 208 valence electrons. The Morgan fingerprint density at radius 3 is 2.33 bits per heavy atom. The van der Waals surface area contributed by atoms with Crippen LogP contribution in [0.2, 0.25) is 0 Å².